The van der Waals surface area contributed by atoms with Crippen LogP contribution in [-0.4, -0.2) is 15.6 Å². The standard InChI is InChI=1S/2NO3.H2O.Pd/c2*2-1(3)4;;/h;;1H2;/q2*-1;;+2. The second kappa shape index (κ2) is 15.7. The fourth-order valence-corrected chi connectivity index (χ4v) is 0. The van der Waals surface area contributed by atoms with Gasteiger partial charge < -0.3 is 36.1 Å². The van der Waals surface area contributed by atoms with E-state index in [1.807, 2.05) is 0 Å². The topological polar surface area (TPSA) is 164 Å². The van der Waals surface area contributed by atoms with Gasteiger partial charge in [0, 0.05) is 0 Å². The molecule has 0 aromatic rings. The normalized spacial score (nSPS) is 4.80. The molecule has 0 bridgehead atoms. The summed E-state index contributed by atoms with van der Waals surface area (Å²) in [5.41, 5.74) is 0. The molecule has 0 saturated heterocycles. The predicted molar refractivity (Wildman–Crippen MR) is 24.3 cm³/mol. The molecule has 10 heteroatoms. The van der Waals surface area contributed by atoms with Crippen LogP contribution in [0.15, 0.2) is 0 Å². The van der Waals surface area contributed by atoms with Gasteiger partial charge in [0.25, 0.3) is 0 Å². The van der Waals surface area contributed by atoms with Crippen LogP contribution in [-0.2, 0) is 20.4 Å². The average molecular weight is 248 g/mol. The summed E-state index contributed by atoms with van der Waals surface area (Å²) in [6.45, 7) is 0. The van der Waals surface area contributed by atoms with Crippen LogP contribution in [0.5, 0.6) is 0 Å². The van der Waals surface area contributed by atoms with Gasteiger partial charge in [-0.15, -0.1) is 0 Å². The van der Waals surface area contributed by atoms with Gasteiger partial charge in [0.05, 0.1) is 10.2 Å². The maximum atomic E-state index is 8.25. The van der Waals surface area contributed by atoms with Crippen molar-refractivity contribution in [2.75, 3.05) is 0 Å². The summed E-state index contributed by atoms with van der Waals surface area (Å²) in [4.78, 5) is 16.5. The van der Waals surface area contributed by atoms with Crippen molar-refractivity contribution < 1.29 is 36.1 Å². The minimum atomic E-state index is -1.75. The molecule has 2 N–H and O–H groups in total. The first kappa shape index (κ1) is 23.0. The van der Waals surface area contributed by atoms with Gasteiger partial charge in [-0.3, -0.25) is 0 Å². The van der Waals surface area contributed by atoms with Crippen LogP contribution in [0.4, 0.5) is 0 Å². The maximum absolute atomic E-state index is 8.25. The molecule has 0 aliphatic rings. The maximum Gasteiger partial charge on any atom is 2.00 e. The van der Waals surface area contributed by atoms with Crippen molar-refractivity contribution in [3.05, 3.63) is 30.6 Å². The van der Waals surface area contributed by atoms with Crippen molar-refractivity contribution in [2.45, 2.75) is 0 Å². The van der Waals surface area contributed by atoms with E-state index in [0.717, 1.165) is 0 Å². The largest absolute Gasteiger partial charge is 2.00 e. The molecule has 0 atom stereocenters. The van der Waals surface area contributed by atoms with Crippen LogP contribution in [0.25, 0.3) is 0 Å². The number of rotatable bonds is 0. The van der Waals surface area contributed by atoms with Gasteiger partial charge in [0.1, 0.15) is 0 Å². The summed E-state index contributed by atoms with van der Waals surface area (Å²) in [5, 5.41) is 29.5. The Balaban J connectivity index is -0.0000000300. The molecule has 0 rings (SSSR count). The Bertz CT molecular complexity index is 69.6. The molecule has 0 aliphatic heterocycles. The summed E-state index contributed by atoms with van der Waals surface area (Å²) in [6, 6.07) is 0. The molecule has 0 aromatic carbocycles. The molecule has 0 spiro atoms. The van der Waals surface area contributed by atoms with E-state index in [9.17, 15) is 0 Å². The van der Waals surface area contributed by atoms with Gasteiger partial charge in [0.15, 0.2) is 0 Å². The van der Waals surface area contributed by atoms with Crippen molar-refractivity contribution >= 4 is 0 Å². The quantitative estimate of drug-likeness (QED) is 0.293. The van der Waals surface area contributed by atoms with Crippen molar-refractivity contribution in [1.82, 2.24) is 0 Å². The summed E-state index contributed by atoms with van der Waals surface area (Å²) >= 11 is 0. The van der Waals surface area contributed by atoms with E-state index in [1.54, 1.807) is 0 Å². The summed E-state index contributed by atoms with van der Waals surface area (Å²) < 4.78 is 0. The number of hydrogen-bond donors (Lipinski definition) is 0. The third-order valence-electron chi connectivity index (χ3n) is 0. The van der Waals surface area contributed by atoms with Crippen molar-refractivity contribution in [1.29, 1.82) is 0 Å². The molecule has 0 heterocycles. The number of nitrogens with zero attached hydrogens (tertiary/aromatic N) is 2. The van der Waals surface area contributed by atoms with Crippen LogP contribution in [0.3, 0.4) is 0 Å². The molecule has 0 fully saturated rings. The monoisotopic (exact) mass is 248 g/mol. The Morgan fingerprint density at radius 1 is 0.800 bits per heavy atom. The van der Waals surface area contributed by atoms with Crippen LogP contribution in [0.1, 0.15) is 0 Å². The van der Waals surface area contributed by atoms with Crippen LogP contribution >= 0.6 is 0 Å². The van der Waals surface area contributed by atoms with Gasteiger partial charge in [0.2, 0.25) is 0 Å². The third kappa shape index (κ3) is 266. The Morgan fingerprint density at radius 2 is 0.800 bits per heavy atom. The fourth-order valence-electron chi connectivity index (χ4n) is 0. The minimum absolute atomic E-state index is 0. The number of hydrogen-bond acceptors (Lipinski definition) is 6. The van der Waals surface area contributed by atoms with Gasteiger partial charge in [-0.1, -0.05) is 0 Å². The van der Waals surface area contributed by atoms with Crippen LogP contribution < -0.4 is 0 Å². The summed E-state index contributed by atoms with van der Waals surface area (Å²) in [6.07, 6.45) is 0. The molecule has 0 amide bonds. The van der Waals surface area contributed by atoms with E-state index in [0.29, 0.717) is 0 Å². The minimum Gasteiger partial charge on any atom is -0.412 e. The molecule has 0 saturated carbocycles. The average Bonchev–Trinajstić information content (AvgIpc) is 1.25. The van der Waals surface area contributed by atoms with Crippen molar-refractivity contribution in [3.8, 4) is 0 Å². The van der Waals surface area contributed by atoms with Gasteiger partial charge >= 0.3 is 20.4 Å². The summed E-state index contributed by atoms with van der Waals surface area (Å²) in [7, 11) is 0. The molecule has 10 heavy (non-hydrogen) atoms. The first-order valence-corrected chi connectivity index (χ1v) is 1.10. The second-order valence-electron chi connectivity index (χ2n) is 0.447. The first-order chi connectivity index (χ1) is 3.46. The second-order valence-corrected chi connectivity index (χ2v) is 0.447. The van der Waals surface area contributed by atoms with E-state index < -0.39 is 10.2 Å². The van der Waals surface area contributed by atoms with E-state index in [-0.39, 0.29) is 25.9 Å². The molecule has 0 aromatic heterocycles. The Kier molecular flexibility index (Phi) is 36.1. The zero-order valence-electron chi connectivity index (χ0n) is 4.16. The van der Waals surface area contributed by atoms with Gasteiger partial charge in [-0.05, 0) is 0 Å². The Hall–Kier alpha value is -0.978. The molecule has 64 valence electrons. The van der Waals surface area contributed by atoms with Gasteiger partial charge in [-0.25, -0.2) is 0 Å². The van der Waals surface area contributed by atoms with E-state index >= 15 is 0 Å². The molecule has 0 radical (unpaired) electrons. The predicted octanol–water partition coefficient (Wildman–Crippen LogP) is -1.31. The van der Waals surface area contributed by atoms with E-state index in [4.69, 9.17) is 30.6 Å². The SMILES string of the molecule is O.O=[N+]([O-])[O-].O=[N+]([O-])[O-].[Pd+2]. The smallest absolute Gasteiger partial charge is 0.412 e. The zero-order valence-corrected chi connectivity index (χ0v) is 5.71. The summed E-state index contributed by atoms with van der Waals surface area (Å²) in [5.74, 6) is 0. The van der Waals surface area contributed by atoms with Crippen molar-refractivity contribution in [2.24, 2.45) is 0 Å². The van der Waals surface area contributed by atoms with Gasteiger partial charge in [-0.2, -0.15) is 0 Å². The molecule has 0 aliphatic carbocycles. The molecular weight excluding hydrogens is 246 g/mol. The molecule has 0 unspecified atom stereocenters. The zero-order chi connectivity index (χ0) is 7.15. The molecular formula is H2N2O7Pd. The Morgan fingerprint density at radius 3 is 0.800 bits per heavy atom. The third-order valence-corrected chi connectivity index (χ3v) is 0. The first-order valence-electron chi connectivity index (χ1n) is 1.10. The van der Waals surface area contributed by atoms with Crippen molar-refractivity contribution in [3.63, 3.8) is 0 Å². The molecule has 9 nitrogen and oxygen atoms in total. The fraction of sp³-hybridized carbons (Fsp3) is 0. The van der Waals surface area contributed by atoms with E-state index in [1.165, 1.54) is 0 Å². The van der Waals surface area contributed by atoms with Crippen LogP contribution in [0, 0.1) is 30.6 Å². The van der Waals surface area contributed by atoms with E-state index in [2.05, 4.69) is 0 Å². The Labute approximate surface area is 67.4 Å². The van der Waals surface area contributed by atoms with Crippen LogP contribution in [0.2, 0.25) is 0 Å².